The lowest BCUT2D eigenvalue weighted by Gasteiger charge is -2.13. The van der Waals surface area contributed by atoms with Crippen LogP contribution in [0.5, 0.6) is 0 Å². The van der Waals surface area contributed by atoms with Gasteiger partial charge < -0.3 is 9.72 Å². The molecular formula is C17H20N2O. The Morgan fingerprint density at radius 1 is 1.35 bits per heavy atom. The van der Waals surface area contributed by atoms with Crippen molar-refractivity contribution in [2.75, 3.05) is 6.54 Å². The molecule has 2 aromatic rings. The maximum Gasteiger partial charge on any atom is 0.243 e. The maximum atomic E-state index is 11.3. The van der Waals surface area contributed by atoms with E-state index in [-0.39, 0.29) is 5.91 Å². The van der Waals surface area contributed by atoms with E-state index in [1.54, 1.807) is 0 Å². The van der Waals surface area contributed by atoms with Crippen molar-refractivity contribution < 1.29 is 4.79 Å². The van der Waals surface area contributed by atoms with Crippen molar-refractivity contribution >= 4 is 11.4 Å². The van der Waals surface area contributed by atoms with Crippen LogP contribution in [0.3, 0.4) is 0 Å². The van der Waals surface area contributed by atoms with Gasteiger partial charge in [0.2, 0.25) is 5.91 Å². The molecule has 0 saturated carbocycles. The molecule has 3 heteroatoms. The zero-order valence-corrected chi connectivity index (χ0v) is 11.7. The molecule has 2 heterocycles. The number of aryl methyl sites for hydroxylation is 1. The van der Waals surface area contributed by atoms with Crippen LogP contribution in [-0.2, 0) is 24.1 Å². The second kappa shape index (κ2) is 5.53. The first-order valence-electron chi connectivity index (χ1n) is 7.31. The second-order valence-electron chi connectivity index (χ2n) is 5.31. The zero-order chi connectivity index (χ0) is 13.9. The summed E-state index contributed by atoms with van der Waals surface area (Å²) in [6.07, 6.45) is 9.26. The van der Waals surface area contributed by atoms with Gasteiger partial charge >= 0.3 is 0 Å². The van der Waals surface area contributed by atoms with E-state index >= 15 is 0 Å². The Morgan fingerprint density at radius 2 is 2.20 bits per heavy atom. The van der Waals surface area contributed by atoms with E-state index < -0.39 is 0 Å². The van der Waals surface area contributed by atoms with Gasteiger partial charge in [-0.2, -0.15) is 0 Å². The highest BCUT2D eigenvalue weighted by molar-refractivity contribution is 5.86. The van der Waals surface area contributed by atoms with Crippen LogP contribution < -0.4 is 5.32 Å². The van der Waals surface area contributed by atoms with Gasteiger partial charge in [-0.15, -0.1) is 0 Å². The summed E-state index contributed by atoms with van der Waals surface area (Å²) in [5, 5.41) is 2.88. The van der Waals surface area contributed by atoms with Gasteiger partial charge in [-0.3, -0.25) is 4.79 Å². The number of nitrogens with zero attached hydrogens (tertiary/aromatic N) is 1. The number of carbonyl (C=O) groups excluding carboxylic acids is 1. The minimum absolute atomic E-state index is 0.0950. The molecule has 0 aliphatic heterocycles. The molecule has 2 aromatic heterocycles. The fraction of sp³-hybridized carbons (Fsp3) is 0.353. The van der Waals surface area contributed by atoms with E-state index in [0.29, 0.717) is 6.54 Å². The summed E-state index contributed by atoms with van der Waals surface area (Å²) >= 11 is 0. The van der Waals surface area contributed by atoms with Gasteiger partial charge in [0.25, 0.3) is 0 Å². The maximum absolute atomic E-state index is 11.3. The minimum Gasteiger partial charge on any atom is -0.352 e. The van der Waals surface area contributed by atoms with Crippen molar-refractivity contribution in [2.24, 2.45) is 0 Å². The number of fused-ring (bicyclic) bond motifs is 3. The SMILES string of the molecule is C=CC(=O)NCCc1c2c(n3ccccc13)CCCC2. The van der Waals surface area contributed by atoms with E-state index in [4.69, 9.17) is 0 Å². The third-order valence-corrected chi connectivity index (χ3v) is 4.12. The highest BCUT2D eigenvalue weighted by atomic mass is 16.1. The van der Waals surface area contributed by atoms with Gasteiger partial charge in [-0.25, -0.2) is 0 Å². The van der Waals surface area contributed by atoms with E-state index in [1.807, 2.05) is 0 Å². The van der Waals surface area contributed by atoms with Crippen molar-refractivity contribution in [3.05, 3.63) is 53.9 Å². The smallest absolute Gasteiger partial charge is 0.243 e. The number of rotatable bonds is 4. The van der Waals surface area contributed by atoms with Crippen molar-refractivity contribution in [1.29, 1.82) is 0 Å². The van der Waals surface area contributed by atoms with Crippen LogP contribution in [0.15, 0.2) is 37.1 Å². The van der Waals surface area contributed by atoms with E-state index in [1.165, 1.54) is 54.1 Å². The lowest BCUT2D eigenvalue weighted by Crippen LogP contribution is -2.23. The van der Waals surface area contributed by atoms with Crippen LogP contribution in [0.25, 0.3) is 5.52 Å². The summed E-state index contributed by atoms with van der Waals surface area (Å²) < 4.78 is 2.33. The van der Waals surface area contributed by atoms with Crippen LogP contribution in [0.4, 0.5) is 0 Å². The molecule has 20 heavy (non-hydrogen) atoms. The fourth-order valence-electron chi connectivity index (χ4n) is 3.22. The molecule has 1 aliphatic rings. The molecule has 0 unspecified atom stereocenters. The Kier molecular flexibility index (Phi) is 3.59. The molecule has 104 valence electrons. The molecule has 0 spiro atoms. The minimum atomic E-state index is -0.0950. The summed E-state index contributed by atoms with van der Waals surface area (Å²) in [5.74, 6) is -0.0950. The third-order valence-electron chi connectivity index (χ3n) is 4.12. The Morgan fingerprint density at radius 3 is 3.05 bits per heavy atom. The van der Waals surface area contributed by atoms with Gasteiger partial charge in [0, 0.05) is 24.0 Å². The van der Waals surface area contributed by atoms with Crippen LogP contribution in [0.1, 0.15) is 29.7 Å². The number of pyridine rings is 1. The van der Waals surface area contributed by atoms with Gasteiger partial charge in [0.15, 0.2) is 0 Å². The van der Waals surface area contributed by atoms with Crippen LogP contribution >= 0.6 is 0 Å². The average molecular weight is 268 g/mol. The van der Waals surface area contributed by atoms with Gasteiger partial charge in [0.1, 0.15) is 0 Å². The first-order chi connectivity index (χ1) is 9.81. The Balaban J connectivity index is 1.93. The quantitative estimate of drug-likeness (QED) is 0.850. The lowest BCUT2D eigenvalue weighted by atomic mass is 9.93. The summed E-state index contributed by atoms with van der Waals surface area (Å²) in [7, 11) is 0. The van der Waals surface area contributed by atoms with E-state index in [0.717, 1.165) is 6.42 Å². The zero-order valence-electron chi connectivity index (χ0n) is 11.7. The van der Waals surface area contributed by atoms with Gasteiger partial charge in [0.05, 0.1) is 0 Å². The van der Waals surface area contributed by atoms with Gasteiger partial charge in [-0.1, -0.05) is 12.6 Å². The average Bonchev–Trinajstić information content (AvgIpc) is 2.82. The predicted molar refractivity (Wildman–Crippen MR) is 80.9 cm³/mol. The van der Waals surface area contributed by atoms with Crippen molar-refractivity contribution in [2.45, 2.75) is 32.1 Å². The van der Waals surface area contributed by atoms with Crippen molar-refractivity contribution in [3.63, 3.8) is 0 Å². The highest BCUT2D eigenvalue weighted by Crippen LogP contribution is 2.30. The summed E-state index contributed by atoms with van der Waals surface area (Å²) in [6.45, 7) is 4.15. The first-order valence-corrected chi connectivity index (χ1v) is 7.31. The van der Waals surface area contributed by atoms with Crippen molar-refractivity contribution in [3.8, 4) is 0 Å². The number of hydrogen-bond donors (Lipinski definition) is 1. The number of amides is 1. The molecule has 0 saturated heterocycles. The fourth-order valence-corrected chi connectivity index (χ4v) is 3.22. The molecule has 0 aromatic carbocycles. The summed E-state index contributed by atoms with van der Waals surface area (Å²) in [5.41, 5.74) is 5.68. The molecule has 0 radical (unpaired) electrons. The number of carbonyl (C=O) groups is 1. The molecule has 1 N–H and O–H groups in total. The molecule has 1 aliphatic carbocycles. The molecular weight excluding hydrogens is 248 g/mol. The lowest BCUT2D eigenvalue weighted by molar-refractivity contribution is -0.116. The van der Waals surface area contributed by atoms with Crippen molar-refractivity contribution in [1.82, 2.24) is 9.72 Å². The standard InChI is InChI=1S/C17H20N2O/c1-2-17(20)18-11-10-14-13-7-3-4-8-15(13)19-12-6-5-9-16(14)19/h2,5-6,9,12H,1,3-4,7-8,10-11H2,(H,18,20). The number of nitrogens with one attached hydrogen (secondary N) is 1. The molecule has 0 fully saturated rings. The monoisotopic (exact) mass is 268 g/mol. The predicted octanol–water partition coefficient (Wildman–Crippen LogP) is 2.66. The largest absolute Gasteiger partial charge is 0.352 e. The van der Waals surface area contributed by atoms with E-state index in [9.17, 15) is 4.79 Å². The summed E-state index contributed by atoms with van der Waals surface area (Å²) in [6, 6.07) is 6.36. The summed E-state index contributed by atoms with van der Waals surface area (Å²) in [4.78, 5) is 11.3. The third kappa shape index (κ3) is 2.24. The molecule has 0 atom stereocenters. The van der Waals surface area contributed by atoms with Gasteiger partial charge in [-0.05, 0) is 61.4 Å². The van der Waals surface area contributed by atoms with Crippen LogP contribution in [0, 0.1) is 0 Å². The Bertz CT molecular complexity index is 654. The number of aromatic nitrogens is 1. The Labute approximate surface area is 119 Å². The second-order valence-corrected chi connectivity index (χ2v) is 5.31. The van der Waals surface area contributed by atoms with Crippen LogP contribution in [-0.4, -0.2) is 16.9 Å². The Hall–Kier alpha value is -2.03. The number of hydrogen-bond acceptors (Lipinski definition) is 1. The molecule has 1 amide bonds. The molecule has 3 nitrogen and oxygen atoms in total. The molecule has 0 bridgehead atoms. The van der Waals surface area contributed by atoms with Crippen LogP contribution in [0.2, 0.25) is 0 Å². The normalized spacial score (nSPS) is 14.0. The van der Waals surface area contributed by atoms with E-state index in [2.05, 4.69) is 40.7 Å². The first kappa shape index (κ1) is 13.0. The topological polar surface area (TPSA) is 33.5 Å². The highest BCUT2D eigenvalue weighted by Gasteiger charge is 2.19. The molecule has 3 rings (SSSR count).